The summed E-state index contributed by atoms with van der Waals surface area (Å²) in [6, 6.07) is 0.366. The zero-order valence-electron chi connectivity index (χ0n) is 7.95. The smallest absolute Gasteiger partial charge is 0.170 e. The fourth-order valence-corrected chi connectivity index (χ4v) is 1.42. The maximum absolute atomic E-state index is 9.29. The predicted octanol–water partition coefficient (Wildman–Crippen LogP) is 2.50. The summed E-state index contributed by atoms with van der Waals surface area (Å²) in [4.78, 5) is 0. The highest BCUT2D eigenvalue weighted by Gasteiger charge is 2.14. The Labute approximate surface area is 73.9 Å². The number of nitrogens with zero attached hydrogens (tertiary/aromatic N) is 2. The van der Waals surface area contributed by atoms with E-state index in [2.05, 4.69) is 10.2 Å². The van der Waals surface area contributed by atoms with Crippen LogP contribution in [-0.4, -0.2) is 16.9 Å². The molecule has 1 aliphatic rings. The molecule has 0 spiro atoms. The highest BCUT2D eigenvalue weighted by atomic mass is 16.3. The summed E-state index contributed by atoms with van der Waals surface area (Å²) in [5, 5.41) is 17.3. The first kappa shape index (κ1) is 9.65. The molecule has 1 rings (SSSR count). The minimum atomic E-state index is -0.989. The molecule has 0 aromatic carbocycles. The van der Waals surface area contributed by atoms with Gasteiger partial charge < -0.3 is 5.11 Å². The van der Waals surface area contributed by atoms with Crippen LogP contribution in [0.3, 0.4) is 0 Å². The fraction of sp³-hybridized carbons (Fsp3) is 1.00. The number of rotatable bonds is 2. The van der Waals surface area contributed by atoms with Gasteiger partial charge >= 0.3 is 0 Å². The Hall–Kier alpha value is -0.440. The summed E-state index contributed by atoms with van der Waals surface area (Å²) in [7, 11) is 0. The van der Waals surface area contributed by atoms with Crippen molar-refractivity contribution in [3.8, 4) is 0 Å². The van der Waals surface area contributed by atoms with Crippen LogP contribution in [-0.2, 0) is 0 Å². The van der Waals surface area contributed by atoms with Gasteiger partial charge in [-0.15, -0.1) is 0 Å². The van der Waals surface area contributed by atoms with Crippen LogP contribution >= 0.6 is 0 Å². The Kier molecular flexibility index (Phi) is 3.20. The van der Waals surface area contributed by atoms with Gasteiger partial charge in [-0.3, -0.25) is 0 Å². The molecule has 1 saturated carbocycles. The molecule has 0 aromatic heterocycles. The third-order valence-corrected chi connectivity index (χ3v) is 2.04. The highest BCUT2D eigenvalue weighted by Crippen LogP contribution is 2.21. The topological polar surface area (TPSA) is 45.0 Å². The maximum Gasteiger partial charge on any atom is 0.170 e. The van der Waals surface area contributed by atoms with Crippen LogP contribution in [0.2, 0.25) is 0 Å². The van der Waals surface area contributed by atoms with Gasteiger partial charge in [-0.05, 0) is 26.7 Å². The van der Waals surface area contributed by atoms with Gasteiger partial charge in [0.25, 0.3) is 0 Å². The SMILES string of the molecule is CC(C)(O)N=NC1CCCCC1. The maximum atomic E-state index is 9.29. The van der Waals surface area contributed by atoms with E-state index in [0.29, 0.717) is 6.04 Å². The molecular weight excluding hydrogens is 152 g/mol. The molecule has 1 aliphatic carbocycles. The minimum absolute atomic E-state index is 0.366. The molecule has 0 amide bonds. The second-order valence-electron chi connectivity index (χ2n) is 4.00. The van der Waals surface area contributed by atoms with Gasteiger partial charge in [-0.2, -0.15) is 10.2 Å². The Morgan fingerprint density at radius 1 is 1.17 bits per heavy atom. The van der Waals surface area contributed by atoms with E-state index in [1.165, 1.54) is 19.3 Å². The standard InChI is InChI=1S/C9H18N2O/c1-9(2,12)11-10-8-6-4-3-5-7-8/h8,12H,3-7H2,1-2H3. The van der Waals surface area contributed by atoms with E-state index in [1.807, 2.05) is 0 Å². The van der Waals surface area contributed by atoms with Crippen molar-refractivity contribution in [2.75, 3.05) is 0 Å². The van der Waals surface area contributed by atoms with E-state index in [0.717, 1.165) is 12.8 Å². The van der Waals surface area contributed by atoms with E-state index in [-0.39, 0.29) is 0 Å². The molecule has 70 valence electrons. The number of hydrogen-bond acceptors (Lipinski definition) is 3. The summed E-state index contributed by atoms with van der Waals surface area (Å²) < 4.78 is 0. The van der Waals surface area contributed by atoms with Crippen LogP contribution in [0.25, 0.3) is 0 Å². The number of hydrogen-bond donors (Lipinski definition) is 1. The Bertz CT molecular complexity index is 154. The molecule has 0 aromatic rings. The summed E-state index contributed by atoms with van der Waals surface area (Å²) in [6.45, 7) is 3.30. The van der Waals surface area contributed by atoms with E-state index in [9.17, 15) is 5.11 Å². The molecule has 0 heterocycles. The molecule has 0 saturated heterocycles. The zero-order valence-corrected chi connectivity index (χ0v) is 7.95. The molecule has 1 fully saturated rings. The number of aliphatic hydroxyl groups is 1. The van der Waals surface area contributed by atoms with Crippen molar-refractivity contribution in [1.29, 1.82) is 0 Å². The summed E-state index contributed by atoms with van der Waals surface area (Å²) in [5.74, 6) is 0. The van der Waals surface area contributed by atoms with E-state index < -0.39 is 5.72 Å². The van der Waals surface area contributed by atoms with E-state index in [4.69, 9.17) is 0 Å². The van der Waals surface area contributed by atoms with Gasteiger partial charge in [0.05, 0.1) is 6.04 Å². The van der Waals surface area contributed by atoms with Crippen molar-refractivity contribution in [2.45, 2.75) is 57.7 Å². The van der Waals surface area contributed by atoms with E-state index in [1.54, 1.807) is 13.8 Å². The second-order valence-corrected chi connectivity index (χ2v) is 4.00. The van der Waals surface area contributed by atoms with Gasteiger partial charge in [-0.25, -0.2) is 0 Å². The summed E-state index contributed by atoms with van der Waals surface area (Å²) >= 11 is 0. The normalized spacial score (nSPS) is 21.9. The molecule has 0 unspecified atom stereocenters. The molecule has 3 nitrogen and oxygen atoms in total. The second kappa shape index (κ2) is 3.99. The van der Waals surface area contributed by atoms with E-state index >= 15 is 0 Å². The van der Waals surface area contributed by atoms with Crippen molar-refractivity contribution in [3.05, 3.63) is 0 Å². The first-order valence-corrected chi connectivity index (χ1v) is 4.72. The largest absolute Gasteiger partial charge is 0.368 e. The molecule has 3 heteroatoms. The molecule has 12 heavy (non-hydrogen) atoms. The molecule has 1 N–H and O–H groups in total. The van der Waals surface area contributed by atoms with Crippen LogP contribution < -0.4 is 0 Å². The Morgan fingerprint density at radius 2 is 1.75 bits per heavy atom. The lowest BCUT2D eigenvalue weighted by molar-refractivity contribution is 0.0796. The van der Waals surface area contributed by atoms with Crippen molar-refractivity contribution in [1.82, 2.24) is 0 Å². The van der Waals surface area contributed by atoms with Crippen LogP contribution in [0, 0.1) is 0 Å². The van der Waals surface area contributed by atoms with Crippen LogP contribution in [0.4, 0.5) is 0 Å². The quantitative estimate of drug-likeness (QED) is 0.636. The van der Waals surface area contributed by atoms with Crippen molar-refractivity contribution in [2.24, 2.45) is 10.2 Å². The first-order valence-electron chi connectivity index (χ1n) is 4.72. The van der Waals surface area contributed by atoms with Gasteiger partial charge in [0.1, 0.15) is 0 Å². The summed E-state index contributed by atoms with van der Waals surface area (Å²) in [5.41, 5.74) is -0.989. The monoisotopic (exact) mass is 170 g/mol. The lowest BCUT2D eigenvalue weighted by Gasteiger charge is -2.17. The molecule has 0 aliphatic heterocycles. The van der Waals surface area contributed by atoms with Gasteiger partial charge in [0.2, 0.25) is 0 Å². The van der Waals surface area contributed by atoms with Gasteiger partial charge in [0, 0.05) is 0 Å². The van der Waals surface area contributed by atoms with Crippen LogP contribution in [0.5, 0.6) is 0 Å². The molecule has 0 atom stereocenters. The van der Waals surface area contributed by atoms with Gasteiger partial charge in [-0.1, -0.05) is 19.3 Å². The third-order valence-electron chi connectivity index (χ3n) is 2.04. The van der Waals surface area contributed by atoms with Gasteiger partial charge in [0.15, 0.2) is 5.72 Å². The Morgan fingerprint density at radius 3 is 2.25 bits per heavy atom. The molecule has 0 bridgehead atoms. The summed E-state index contributed by atoms with van der Waals surface area (Å²) in [6.07, 6.45) is 6.12. The third kappa shape index (κ3) is 3.81. The Balaban J connectivity index is 2.33. The van der Waals surface area contributed by atoms with Crippen LogP contribution in [0.15, 0.2) is 10.2 Å². The average Bonchev–Trinajstić information content (AvgIpc) is 2.02. The first-order chi connectivity index (χ1) is 5.58. The molecule has 0 radical (unpaired) electrons. The predicted molar refractivity (Wildman–Crippen MR) is 48.0 cm³/mol. The highest BCUT2D eigenvalue weighted by molar-refractivity contribution is 4.71. The fourth-order valence-electron chi connectivity index (χ4n) is 1.42. The van der Waals surface area contributed by atoms with Crippen molar-refractivity contribution >= 4 is 0 Å². The van der Waals surface area contributed by atoms with Crippen molar-refractivity contribution in [3.63, 3.8) is 0 Å². The number of azo groups is 1. The van der Waals surface area contributed by atoms with Crippen LogP contribution in [0.1, 0.15) is 46.0 Å². The van der Waals surface area contributed by atoms with Crippen molar-refractivity contribution < 1.29 is 5.11 Å². The average molecular weight is 170 g/mol. The lowest BCUT2D eigenvalue weighted by atomic mass is 9.96. The zero-order chi connectivity index (χ0) is 9.03. The lowest BCUT2D eigenvalue weighted by Crippen LogP contribution is -2.16. The molecular formula is C9H18N2O. The minimum Gasteiger partial charge on any atom is -0.368 e.